The predicted molar refractivity (Wildman–Crippen MR) is 539 cm³/mol. The van der Waals surface area contributed by atoms with Gasteiger partial charge in [-0.3, -0.25) is 32.0 Å². The van der Waals surface area contributed by atoms with Gasteiger partial charge in [-0.1, -0.05) is 105 Å². The van der Waals surface area contributed by atoms with Crippen LogP contribution in [-0.4, -0.2) is 329 Å². The Kier molecular flexibility index (Phi) is 62.2. The molecular weight excluding hydrogens is 2090 g/mol. The van der Waals surface area contributed by atoms with Crippen molar-refractivity contribution in [2.75, 3.05) is 228 Å². The van der Waals surface area contributed by atoms with E-state index >= 15 is 0 Å². The lowest BCUT2D eigenvalue weighted by atomic mass is 9.99. The van der Waals surface area contributed by atoms with Crippen molar-refractivity contribution in [1.82, 2.24) is 66.2 Å². The normalized spacial score (nSPS) is 20.5. The van der Waals surface area contributed by atoms with Crippen LogP contribution in [0.25, 0.3) is 0 Å². The van der Waals surface area contributed by atoms with E-state index in [9.17, 15) is 32.0 Å². The Morgan fingerprint density at radius 1 is 0.398 bits per heavy atom. The third kappa shape index (κ3) is 49.5. The van der Waals surface area contributed by atoms with Crippen LogP contribution in [0.2, 0.25) is 0 Å². The monoisotopic (exact) mass is 2250 g/mol. The second-order valence-electron chi connectivity index (χ2n) is 37.9. The van der Waals surface area contributed by atoms with Gasteiger partial charge in [-0.2, -0.15) is 0 Å². The Balaban J connectivity index is 0.00000142. The number of hydrogen-bond acceptors (Lipinski definition) is 15. The smallest absolute Gasteiger partial charge is 0.346 e. The Hall–Kier alpha value is 4.10. The summed E-state index contributed by atoms with van der Waals surface area (Å²) in [6, 6.07) is 0.351. The van der Waals surface area contributed by atoms with Gasteiger partial charge >= 0.3 is 53.7 Å². The number of alkyl halides is 9. The van der Waals surface area contributed by atoms with Crippen molar-refractivity contribution in [3.63, 3.8) is 0 Å². The van der Waals surface area contributed by atoms with Gasteiger partial charge in [0.1, 0.15) is 0 Å². The molecule has 0 bridgehead atoms. The van der Waals surface area contributed by atoms with Crippen molar-refractivity contribution in [3.05, 3.63) is 0 Å². The van der Waals surface area contributed by atoms with Gasteiger partial charge in [-0.05, 0) is 190 Å². The summed E-state index contributed by atoms with van der Waals surface area (Å²) >= 11 is 42.6. The first-order chi connectivity index (χ1) is 56.6. The van der Waals surface area contributed by atoms with E-state index < -0.39 is 81.7 Å². The van der Waals surface area contributed by atoms with Gasteiger partial charge in [-0.15, -0.1) is 58.0 Å². The van der Waals surface area contributed by atoms with Gasteiger partial charge in [-0.25, -0.2) is 66.2 Å². The summed E-state index contributed by atoms with van der Waals surface area (Å²) in [6.45, 7) is 74.8. The minimum Gasteiger partial charge on any atom is -0.379 e. The van der Waals surface area contributed by atoms with Crippen LogP contribution < -0.4 is 10.2 Å². The molecule has 0 aliphatic carbocycles. The van der Waals surface area contributed by atoms with Crippen LogP contribution in [0.3, 0.4) is 0 Å². The Bertz CT molecular complexity index is 3060. The summed E-state index contributed by atoms with van der Waals surface area (Å²) in [7, 11) is -20.4. The fourth-order valence-electron chi connectivity index (χ4n) is 12.4. The Morgan fingerprint density at radius 2 is 0.748 bits per heavy atom. The van der Waals surface area contributed by atoms with E-state index in [0.29, 0.717) is 115 Å². The molecule has 6 fully saturated rings. The Labute approximate surface area is 807 Å². The summed E-state index contributed by atoms with van der Waals surface area (Å²) < 4.78 is 161. The topological polar surface area (TPSA) is 256 Å². The first-order valence-corrected chi connectivity index (χ1v) is 61.8. The van der Waals surface area contributed by atoms with E-state index in [-0.39, 0.29) is 23.1 Å². The van der Waals surface area contributed by atoms with E-state index in [4.69, 9.17) is 94.4 Å². The second kappa shape index (κ2) is 60.2. The number of nitrogens with zero attached hydrogens (tertiary/aromatic N) is 12. The van der Waals surface area contributed by atoms with Gasteiger partial charge in [0.15, 0.2) is 0 Å². The maximum absolute atomic E-state index is 13.9. The predicted octanol–water partition coefficient (Wildman–Crippen LogP) is 23.1. The van der Waals surface area contributed by atoms with Crippen molar-refractivity contribution >= 4 is 175 Å². The number of morpholine rings is 1. The van der Waals surface area contributed by atoms with Crippen LogP contribution in [0.1, 0.15) is 226 Å². The fourth-order valence-corrected chi connectivity index (χ4v) is 35.2. The molecule has 6 rings (SSSR count). The minimum absolute atomic E-state index is 0.0123. The highest BCUT2D eigenvalue weighted by Crippen LogP contribution is 2.65. The molecule has 0 aromatic heterocycles. The van der Waals surface area contributed by atoms with Crippen molar-refractivity contribution < 1.29 is 68.4 Å². The van der Waals surface area contributed by atoms with Crippen LogP contribution in [0.4, 0.5) is 0 Å². The molecule has 6 aliphatic rings. The molecule has 6 heterocycles. The van der Waals surface area contributed by atoms with Gasteiger partial charge in [0, 0.05) is 220 Å². The van der Waals surface area contributed by atoms with E-state index in [1.165, 1.54) is 0 Å². The molecule has 6 aliphatic heterocycles. The lowest BCUT2D eigenvalue weighted by Crippen LogP contribution is -2.43. The van der Waals surface area contributed by atoms with E-state index in [1.54, 1.807) is 0 Å². The van der Waals surface area contributed by atoms with Crippen LogP contribution in [-0.2, 0) is 68.4 Å². The summed E-state index contributed by atoms with van der Waals surface area (Å²) in [5, 5.41) is 9.01. The molecule has 3 unspecified atom stereocenters. The third-order valence-corrected chi connectivity index (χ3v) is 39.7. The zero-order chi connectivity index (χ0) is 95.1. The molecule has 0 saturated carbocycles. The number of halogens is 9. The summed E-state index contributed by atoms with van der Waals surface area (Å²) in [6.07, 6.45) is 4.80. The number of nitrogens with one attached hydrogen (secondary N) is 2. The SMILES string of the molecule is CC(C)(C)OP(=O)(N1CC1)N1CC1.CC(C)(C)OP1(=O)N(CCBr)CCCN1CCBr.CC(C)(C)OP1(=O)N(CCCl)CCCN1CCCl.CC(C)(C)OP1(=O)N(CCCl)CCN1CCCl.CCCN(C(C)C)P(=O)(OCC(C)(C)C)N(CCBr)C(C)C.CCCN(CCCl)P(=O)(OC(C)(C)C)N1CCOCC1.CCCNP(=O)(NCCBr)OC(C)(C)C. The highest BCUT2D eigenvalue weighted by Gasteiger charge is 2.53. The van der Waals surface area contributed by atoms with E-state index in [0.717, 1.165) is 145 Å². The Morgan fingerprint density at radius 3 is 1.03 bits per heavy atom. The molecule has 6 saturated heterocycles. The van der Waals surface area contributed by atoms with Gasteiger partial charge < -0.3 is 36.4 Å². The van der Waals surface area contributed by atoms with E-state index in [2.05, 4.69) is 141 Å². The molecule has 45 heteroatoms. The molecule has 29 nitrogen and oxygen atoms in total. The van der Waals surface area contributed by atoms with Crippen LogP contribution in [0, 0.1) is 5.41 Å². The molecule has 0 spiro atoms. The fraction of sp³-hybridized carbons (Fsp3) is 1.00. The summed E-state index contributed by atoms with van der Waals surface area (Å²) in [5.74, 6) is 2.25. The number of rotatable bonds is 42. The maximum atomic E-state index is 13.9. The zero-order valence-corrected chi connectivity index (χ0v) is 97.1. The number of hydrogen-bond donors (Lipinski definition) is 2. The molecule has 2 N–H and O–H groups in total. The molecule has 0 aromatic rings. The van der Waals surface area contributed by atoms with Crippen molar-refractivity contribution in [2.24, 2.45) is 5.41 Å². The quantitative estimate of drug-likeness (QED) is 0.0327. The summed E-state index contributed by atoms with van der Waals surface area (Å²) in [5.41, 5.74) is -2.52. The van der Waals surface area contributed by atoms with Gasteiger partial charge in [0.2, 0.25) is 0 Å². The van der Waals surface area contributed by atoms with Crippen molar-refractivity contribution in [1.29, 1.82) is 0 Å². The lowest BCUT2D eigenvalue weighted by Gasteiger charge is -2.44. The summed E-state index contributed by atoms with van der Waals surface area (Å²) in [4.78, 5) is 0. The number of ether oxygens (including phenoxy) is 1. The third-order valence-electron chi connectivity index (χ3n) is 17.2. The zero-order valence-electron chi connectivity index (χ0n) is 80.7. The van der Waals surface area contributed by atoms with Gasteiger partial charge in [0.25, 0.3) is 0 Å². The van der Waals surface area contributed by atoms with E-state index in [1.807, 2.05) is 183 Å². The molecule has 0 radical (unpaired) electrons. The van der Waals surface area contributed by atoms with Crippen molar-refractivity contribution in [3.8, 4) is 0 Å². The molecule has 0 aromatic carbocycles. The minimum atomic E-state index is -3.06. The molecular formula is C78H170Br4Cl5N14O15P7. The highest BCUT2D eigenvalue weighted by atomic mass is 79.9. The lowest BCUT2D eigenvalue weighted by molar-refractivity contribution is 0.0403. The molecule has 0 amide bonds. The largest absolute Gasteiger partial charge is 0.379 e. The average Bonchev–Trinajstić information content (AvgIpc) is 1.58. The standard InChI is InChI=1S/C16H36BrN2O2P.C13H28ClN2O3P.C11H23Br2N2O2P.C11H23Cl2N2O2P.C10H21Cl2N2O2P.C9H22BrN2O2P.C8H17N2O2P/c1-9-11-18(14(2)3)22(20,21-13-16(6,7)8)19(12-10-17)15(4)5;1-5-7-15(8-6-14)20(17,19-13(2,3)4)16-9-11-18-12-10-16;2*1-11(2,3)17-18(16)14(9-5-12)7-4-8-15(18)10-6-13;1-10(2,3)16-17(15)13(6-4-11)8-9-14(17)7-5-12;1-5-7-11-15(13,12-8-6-10)14-9(2,3)4;1-8(2,3)12-13(11,9-4-5-9)10-6-7-10/h14-15H,9-13H2,1-8H3;5-12H2,1-4H3;2*4-10H2,1-3H3;4-9H2,1-3H3;5-8H2,1-4H3,(H2,11,12,13);4-7H2,1-3H3. The van der Waals surface area contributed by atoms with Crippen LogP contribution >= 0.6 is 175 Å². The van der Waals surface area contributed by atoms with Crippen molar-refractivity contribution in [2.45, 2.75) is 272 Å². The maximum Gasteiger partial charge on any atom is 0.346 e. The van der Waals surface area contributed by atoms with Gasteiger partial charge in [0.05, 0.1) is 53.4 Å². The molecule has 3 atom stereocenters. The first kappa shape index (κ1) is 127. The first-order valence-electron chi connectivity index (χ1n) is 43.9. The second-order valence-corrected chi connectivity index (χ2v) is 58.7. The molecule has 123 heavy (non-hydrogen) atoms. The highest BCUT2D eigenvalue weighted by molar-refractivity contribution is 9.09. The average molecular weight is 2260 g/mol. The van der Waals surface area contributed by atoms with Crippen LogP contribution in [0.5, 0.6) is 0 Å². The van der Waals surface area contributed by atoms with Crippen LogP contribution in [0.15, 0.2) is 0 Å². The molecule has 740 valence electrons.